The number of ether oxygens (including phenoxy) is 1. The first kappa shape index (κ1) is 14.0. The molecule has 2 atom stereocenters. The van der Waals surface area contributed by atoms with Gasteiger partial charge in [-0.3, -0.25) is 4.79 Å². The van der Waals surface area contributed by atoms with Crippen molar-refractivity contribution < 1.29 is 19.4 Å². The number of aryl methyl sites for hydroxylation is 1. The summed E-state index contributed by atoms with van der Waals surface area (Å²) in [5.41, 5.74) is 0. The van der Waals surface area contributed by atoms with E-state index in [1.165, 1.54) is 4.88 Å². The zero-order valence-electron chi connectivity index (χ0n) is 11.0. The number of amides is 1. The number of aliphatic carboxylic acids is 1. The van der Waals surface area contributed by atoms with E-state index < -0.39 is 12.1 Å². The predicted molar refractivity (Wildman–Crippen MR) is 71.3 cm³/mol. The van der Waals surface area contributed by atoms with Crippen molar-refractivity contribution in [3.05, 3.63) is 21.9 Å². The molecule has 1 aliphatic heterocycles. The van der Waals surface area contributed by atoms with Crippen LogP contribution < -0.4 is 0 Å². The Morgan fingerprint density at radius 1 is 1.47 bits per heavy atom. The van der Waals surface area contributed by atoms with E-state index in [0.29, 0.717) is 13.0 Å². The van der Waals surface area contributed by atoms with Gasteiger partial charge < -0.3 is 14.7 Å². The highest BCUT2D eigenvalue weighted by atomic mass is 32.1. The van der Waals surface area contributed by atoms with E-state index in [2.05, 4.69) is 0 Å². The van der Waals surface area contributed by atoms with Gasteiger partial charge in [-0.25, -0.2) is 4.79 Å². The summed E-state index contributed by atoms with van der Waals surface area (Å²) in [5, 5.41) is 8.99. The normalized spacial score (nSPS) is 23.4. The van der Waals surface area contributed by atoms with Crippen LogP contribution in [0.4, 0.5) is 0 Å². The summed E-state index contributed by atoms with van der Waals surface area (Å²) < 4.78 is 5.29. The number of hydrogen-bond acceptors (Lipinski definition) is 4. The van der Waals surface area contributed by atoms with Crippen LogP contribution in [0.2, 0.25) is 0 Å². The summed E-state index contributed by atoms with van der Waals surface area (Å²) >= 11 is 1.59. The minimum atomic E-state index is -1.02. The number of carboxylic acids is 1. The van der Waals surface area contributed by atoms with Crippen molar-refractivity contribution in [1.29, 1.82) is 0 Å². The fourth-order valence-electron chi connectivity index (χ4n) is 2.13. The van der Waals surface area contributed by atoms with Crippen LogP contribution >= 0.6 is 11.3 Å². The molecule has 1 fully saturated rings. The van der Waals surface area contributed by atoms with Crippen LogP contribution in [0.3, 0.4) is 0 Å². The molecule has 0 saturated carbocycles. The van der Waals surface area contributed by atoms with Crippen LogP contribution in [-0.4, -0.2) is 47.2 Å². The maximum atomic E-state index is 12.2. The third-order valence-corrected chi connectivity index (χ3v) is 4.01. The van der Waals surface area contributed by atoms with E-state index in [0.717, 1.165) is 4.88 Å². The SMILES string of the molecule is Cc1ccc(CC(=O)N2CC(C(=O)O)O[C@H](C)C2)s1. The lowest BCUT2D eigenvalue weighted by molar-refractivity contribution is -0.166. The minimum absolute atomic E-state index is 0.0387. The number of hydrogen-bond donors (Lipinski definition) is 1. The number of thiophene rings is 1. The molecule has 19 heavy (non-hydrogen) atoms. The smallest absolute Gasteiger partial charge is 0.334 e. The fraction of sp³-hybridized carbons (Fsp3) is 0.538. The van der Waals surface area contributed by atoms with Gasteiger partial charge in [-0.15, -0.1) is 11.3 Å². The second kappa shape index (κ2) is 5.71. The molecule has 0 aromatic carbocycles. The molecule has 1 aromatic rings. The summed E-state index contributed by atoms with van der Waals surface area (Å²) in [6.07, 6.45) is -0.834. The average Bonchev–Trinajstić information content (AvgIpc) is 2.73. The molecular weight excluding hydrogens is 266 g/mol. The van der Waals surface area contributed by atoms with E-state index in [-0.39, 0.29) is 18.6 Å². The summed E-state index contributed by atoms with van der Waals surface area (Å²) in [6.45, 7) is 4.36. The molecule has 1 aromatic heterocycles. The van der Waals surface area contributed by atoms with Crippen molar-refractivity contribution in [2.75, 3.05) is 13.1 Å². The number of nitrogens with zero attached hydrogens (tertiary/aromatic N) is 1. The predicted octanol–water partition coefficient (Wildman–Crippen LogP) is 1.30. The van der Waals surface area contributed by atoms with Gasteiger partial charge in [0.15, 0.2) is 6.10 Å². The molecule has 1 saturated heterocycles. The number of carbonyl (C=O) groups is 2. The number of morpholine rings is 1. The Morgan fingerprint density at radius 2 is 2.21 bits per heavy atom. The van der Waals surface area contributed by atoms with Gasteiger partial charge in [0, 0.05) is 16.3 Å². The zero-order valence-corrected chi connectivity index (χ0v) is 11.8. The highest BCUT2D eigenvalue weighted by Crippen LogP contribution is 2.18. The van der Waals surface area contributed by atoms with Crippen LogP contribution in [0.15, 0.2) is 12.1 Å². The van der Waals surface area contributed by atoms with Crippen LogP contribution in [-0.2, 0) is 20.7 Å². The first-order valence-corrected chi connectivity index (χ1v) is 6.98. The Hall–Kier alpha value is -1.40. The fourth-order valence-corrected chi connectivity index (χ4v) is 3.01. The average molecular weight is 283 g/mol. The third kappa shape index (κ3) is 3.54. The summed E-state index contributed by atoms with van der Waals surface area (Å²) in [7, 11) is 0. The molecular formula is C13H17NO4S. The van der Waals surface area contributed by atoms with Crippen molar-refractivity contribution in [2.24, 2.45) is 0 Å². The molecule has 2 heterocycles. The van der Waals surface area contributed by atoms with Gasteiger partial charge in [-0.2, -0.15) is 0 Å². The van der Waals surface area contributed by atoms with Gasteiger partial charge in [0.05, 0.1) is 19.1 Å². The van der Waals surface area contributed by atoms with E-state index in [4.69, 9.17) is 9.84 Å². The molecule has 1 aliphatic rings. The highest BCUT2D eigenvalue weighted by molar-refractivity contribution is 7.12. The zero-order chi connectivity index (χ0) is 14.0. The van der Waals surface area contributed by atoms with Gasteiger partial charge in [-0.1, -0.05) is 0 Å². The van der Waals surface area contributed by atoms with Crippen LogP contribution in [0.5, 0.6) is 0 Å². The largest absolute Gasteiger partial charge is 0.479 e. The summed E-state index contributed by atoms with van der Waals surface area (Å²) in [5.74, 6) is -1.06. The Morgan fingerprint density at radius 3 is 2.79 bits per heavy atom. The minimum Gasteiger partial charge on any atom is -0.479 e. The second-order valence-corrected chi connectivity index (χ2v) is 6.13. The summed E-state index contributed by atoms with van der Waals surface area (Å²) in [4.78, 5) is 26.9. The van der Waals surface area contributed by atoms with Gasteiger partial charge in [0.1, 0.15) is 0 Å². The van der Waals surface area contributed by atoms with Gasteiger partial charge in [0.25, 0.3) is 0 Å². The van der Waals surface area contributed by atoms with Crippen molar-refractivity contribution >= 4 is 23.2 Å². The highest BCUT2D eigenvalue weighted by Gasteiger charge is 2.32. The van der Waals surface area contributed by atoms with E-state index in [1.54, 1.807) is 23.2 Å². The lowest BCUT2D eigenvalue weighted by Crippen LogP contribution is -2.52. The standard InChI is InChI=1S/C13H17NO4S/c1-8-6-14(7-11(18-8)13(16)17)12(15)5-10-4-3-9(2)19-10/h3-4,8,11H,5-7H2,1-2H3,(H,16,17)/t8-,11?/m1/s1. The number of carbonyl (C=O) groups excluding carboxylic acids is 1. The molecule has 2 rings (SSSR count). The van der Waals surface area contributed by atoms with Crippen molar-refractivity contribution in [3.8, 4) is 0 Å². The molecule has 1 N–H and O–H groups in total. The maximum absolute atomic E-state index is 12.2. The Balaban J connectivity index is 2.00. The lowest BCUT2D eigenvalue weighted by atomic mass is 10.2. The third-order valence-electron chi connectivity index (χ3n) is 3.01. The van der Waals surface area contributed by atoms with Crippen molar-refractivity contribution in [1.82, 2.24) is 4.90 Å². The second-order valence-electron chi connectivity index (χ2n) is 4.76. The molecule has 5 nitrogen and oxygen atoms in total. The molecule has 0 bridgehead atoms. The lowest BCUT2D eigenvalue weighted by Gasteiger charge is -2.34. The molecule has 104 valence electrons. The van der Waals surface area contributed by atoms with Crippen LogP contribution in [0.1, 0.15) is 16.7 Å². The van der Waals surface area contributed by atoms with Gasteiger partial charge >= 0.3 is 5.97 Å². The van der Waals surface area contributed by atoms with E-state index in [9.17, 15) is 9.59 Å². The number of carboxylic acid groups (broad SMARTS) is 1. The molecule has 0 radical (unpaired) electrons. The first-order chi connectivity index (χ1) is 8.95. The van der Waals surface area contributed by atoms with Crippen LogP contribution in [0.25, 0.3) is 0 Å². The molecule has 1 unspecified atom stereocenters. The topological polar surface area (TPSA) is 66.8 Å². The van der Waals surface area contributed by atoms with E-state index in [1.807, 2.05) is 19.1 Å². The van der Waals surface area contributed by atoms with E-state index >= 15 is 0 Å². The van der Waals surface area contributed by atoms with Gasteiger partial charge in [-0.05, 0) is 26.0 Å². The van der Waals surface area contributed by atoms with Crippen molar-refractivity contribution in [3.63, 3.8) is 0 Å². The maximum Gasteiger partial charge on any atom is 0.334 e. The molecule has 6 heteroatoms. The Kier molecular flexibility index (Phi) is 4.21. The number of rotatable bonds is 3. The molecule has 1 amide bonds. The molecule has 0 aliphatic carbocycles. The quantitative estimate of drug-likeness (QED) is 0.908. The Labute approximate surface area is 115 Å². The summed E-state index contributed by atoms with van der Waals surface area (Å²) in [6, 6.07) is 3.92. The van der Waals surface area contributed by atoms with Gasteiger partial charge in [0.2, 0.25) is 5.91 Å². The molecule has 0 spiro atoms. The van der Waals surface area contributed by atoms with Crippen molar-refractivity contribution in [2.45, 2.75) is 32.5 Å². The Bertz CT molecular complexity index is 485. The monoisotopic (exact) mass is 283 g/mol. The first-order valence-electron chi connectivity index (χ1n) is 6.17. The van der Waals surface area contributed by atoms with Crippen LogP contribution in [0, 0.1) is 6.92 Å².